The fourth-order valence-electron chi connectivity index (χ4n) is 2.92. The van der Waals surface area contributed by atoms with Crippen molar-refractivity contribution in [2.24, 2.45) is 0 Å². The summed E-state index contributed by atoms with van der Waals surface area (Å²) in [4.78, 5) is 14.4. The number of anilines is 1. The summed E-state index contributed by atoms with van der Waals surface area (Å²) in [6.45, 7) is 4.91. The number of aryl methyl sites for hydroxylation is 1. The number of rotatable bonds is 6. The molecule has 8 heteroatoms. The normalized spacial score (nSPS) is 19.6. The molecule has 0 aliphatic carbocycles. The molecule has 1 fully saturated rings. The van der Waals surface area contributed by atoms with Gasteiger partial charge in [-0.3, -0.25) is 9.69 Å². The fourth-order valence-corrected chi connectivity index (χ4v) is 6.30. The highest BCUT2D eigenvalue weighted by atomic mass is 79.9. The van der Waals surface area contributed by atoms with Crippen LogP contribution in [0.3, 0.4) is 0 Å². The Morgan fingerprint density at radius 1 is 1.33 bits per heavy atom. The van der Waals surface area contributed by atoms with Crippen molar-refractivity contribution in [1.82, 2.24) is 4.90 Å². The summed E-state index contributed by atoms with van der Waals surface area (Å²) < 4.78 is 25.0. The average Bonchev–Trinajstić information content (AvgIpc) is 2.82. The van der Waals surface area contributed by atoms with Crippen molar-refractivity contribution in [3.8, 4) is 0 Å². The van der Waals surface area contributed by atoms with Crippen LogP contribution < -0.4 is 5.32 Å². The molecule has 1 aliphatic heterocycles. The molecule has 0 aromatic heterocycles. The van der Waals surface area contributed by atoms with Crippen LogP contribution in [-0.4, -0.2) is 49.9 Å². The molecule has 1 aromatic rings. The summed E-state index contributed by atoms with van der Waals surface area (Å²) in [6, 6.07) is 3.81. The molecule has 0 bridgehead atoms. The van der Waals surface area contributed by atoms with Crippen LogP contribution in [0.15, 0.2) is 21.1 Å². The van der Waals surface area contributed by atoms with Gasteiger partial charge in [0.1, 0.15) is 0 Å². The van der Waals surface area contributed by atoms with Gasteiger partial charge in [0.2, 0.25) is 5.91 Å². The first-order valence-electron chi connectivity index (χ1n) is 7.92. The molecule has 24 heavy (non-hydrogen) atoms. The number of halogens is 2. The lowest BCUT2D eigenvalue weighted by Crippen LogP contribution is -2.42. The van der Waals surface area contributed by atoms with E-state index in [2.05, 4.69) is 37.2 Å². The lowest BCUT2D eigenvalue weighted by molar-refractivity contribution is -0.117. The predicted octanol–water partition coefficient (Wildman–Crippen LogP) is 3.36. The van der Waals surface area contributed by atoms with Gasteiger partial charge in [-0.2, -0.15) is 0 Å². The Labute approximate surface area is 160 Å². The Kier molecular flexibility index (Phi) is 6.87. The molecule has 1 atom stereocenters. The first kappa shape index (κ1) is 19.9. The van der Waals surface area contributed by atoms with Crippen LogP contribution in [0, 0.1) is 6.92 Å². The van der Waals surface area contributed by atoms with Crippen molar-refractivity contribution in [1.29, 1.82) is 0 Å². The highest BCUT2D eigenvalue weighted by Gasteiger charge is 2.32. The minimum absolute atomic E-state index is 0.0643. The minimum Gasteiger partial charge on any atom is -0.323 e. The number of carbonyl (C=O) groups excluding carboxylic acids is 1. The van der Waals surface area contributed by atoms with Gasteiger partial charge in [-0.1, -0.05) is 6.92 Å². The number of carbonyl (C=O) groups is 1. The first-order valence-corrected chi connectivity index (χ1v) is 11.3. The van der Waals surface area contributed by atoms with Crippen LogP contribution >= 0.6 is 31.9 Å². The third-order valence-corrected chi connectivity index (χ3v) is 7.03. The Bertz CT molecular complexity index is 699. The second-order valence-corrected chi connectivity index (χ2v) is 10.1. The molecule has 1 aromatic carbocycles. The topological polar surface area (TPSA) is 66.5 Å². The highest BCUT2D eigenvalue weighted by Crippen LogP contribution is 2.32. The van der Waals surface area contributed by atoms with E-state index in [0.717, 1.165) is 20.9 Å². The van der Waals surface area contributed by atoms with Crippen LogP contribution in [0.4, 0.5) is 5.69 Å². The standard InChI is InChI=1S/C16H22Br2N2O3S/c1-3-5-20(12-4-6-24(22,23)10-12)9-15(21)19-16-13(17)7-11(2)8-14(16)18/h7-8,12H,3-6,9-10H2,1-2H3,(H,19,21). The van der Waals surface area contributed by atoms with Crippen LogP contribution in [0.5, 0.6) is 0 Å². The van der Waals surface area contributed by atoms with Gasteiger partial charge >= 0.3 is 0 Å². The maximum absolute atomic E-state index is 12.5. The van der Waals surface area contributed by atoms with E-state index in [1.807, 2.05) is 30.9 Å². The molecule has 134 valence electrons. The van der Waals surface area contributed by atoms with E-state index in [1.165, 1.54) is 0 Å². The van der Waals surface area contributed by atoms with Crippen LogP contribution in [0.2, 0.25) is 0 Å². The molecule has 1 unspecified atom stereocenters. The van der Waals surface area contributed by atoms with Gasteiger partial charge in [0, 0.05) is 15.0 Å². The second-order valence-electron chi connectivity index (χ2n) is 6.18. The molecule has 1 saturated heterocycles. The van der Waals surface area contributed by atoms with Crippen molar-refractivity contribution in [3.05, 3.63) is 26.6 Å². The molecule has 1 N–H and O–H groups in total. The van der Waals surface area contributed by atoms with Gasteiger partial charge in [-0.05, 0) is 75.9 Å². The van der Waals surface area contributed by atoms with E-state index < -0.39 is 9.84 Å². The van der Waals surface area contributed by atoms with Crippen molar-refractivity contribution in [2.75, 3.05) is 29.9 Å². The number of amides is 1. The first-order chi connectivity index (χ1) is 11.2. The maximum Gasteiger partial charge on any atom is 0.238 e. The van der Waals surface area contributed by atoms with E-state index in [4.69, 9.17) is 0 Å². The van der Waals surface area contributed by atoms with Gasteiger partial charge in [0.15, 0.2) is 9.84 Å². The zero-order chi connectivity index (χ0) is 17.9. The largest absolute Gasteiger partial charge is 0.323 e. The third kappa shape index (κ3) is 5.28. The molecular formula is C16H22Br2N2O3S. The summed E-state index contributed by atoms with van der Waals surface area (Å²) in [5.41, 5.74) is 1.77. The van der Waals surface area contributed by atoms with Gasteiger partial charge in [-0.25, -0.2) is 8.42 Å². The monoisotopic (exact) mass is 480 g/mol. The summed E-state index contributed by atoms with van der Waals surface area (Å²) >= 11 is 6.93. The minimum atomic E-state index is -2.96. The smallest absolute Gasteiger partial charge is 0.238 e. The lowest BCUT2D eigenvalue weighted by atomic mass is 10.2. The van der Waals surface area contributed by atoms with Gasteiger partial charge in [0.05, 0.1) is 23.7 Å². The predicted molar refractivity (Wildman–Crippen MR) is 104 cm³/mol. The Hall–Kier alpha value is -0.440. The van der Waals surface area contributed by atoms with Crippen LogP contribution in [0.25, 0.3) is 0 Å². The fraction of sp³-hybridized carbons (Fsp3) is 0.562. The SMILES string of the molecule is CCCN(CC(=O)Nc1c(Br)cc(C)cc1Br)C1CCS(=O)(=O)C1. The molecule has 2 rings (SSSR count). The zero-order valence-electron chi connectivity index (χ0n) is 13.8. The van der Waals surface area contributed by atoms with E-state index in [0.29, 0.717) is 18.7 Å². The second kappa shape index (κ2) is 8.29. The molecule has 1 aliphatic rings. The summed E-state index contributed by atoms with van der Waals surface area (Å²) in [6.07, 6.45) is 1.48. The van der Waals surface area contributed by atoms with Crippen LogP contribution in [-0.2, 0) is 14.6 Å². The number of sulfone groups is 1. The molecule has 0 saturated carbocycles. The van der Waals surface area contributed by atoms with E-state index in [9.17, 15) is 13.2 Å². The molecule has 1 amide bonds. The van der Waals surface area contributed by atoms with Crippen molar-refractivity contribution in [3.63, 3.8) is 0 Å². The highest BCUT2D eigenvalue weighted by molar-refractivity contribution is 9.11. The third-order valence-electron chi connectivity index (χ3n) is 4.03. The molecular weight excluding hydrogens is 460 g/mol. The van der Waals surface area contributed by atoms with E-state index >= 15 is 0 Å². The Morgan fingerprint density at radius 2 is 1.96 bits per heavy atom. The quantitative estimate of drug-likeness (QED) is 0.676. The Balaban J connectivity index is 2.06. The zero-order valence-corrected chi connectivity index (χ0v) is 17.8. The number of hydrogen-bond acceptors (Lipinski definition) is 4. The molecule has 0 spiro atoms. The maximum atomic E-state index is 12.5. The molecule has 5 nitrogen and oxygen atoms in total. The van der Waals surface area contributed by atoms with Gasteiger partial charge in [-0.15, -0.1) is 0 Å². The van der Waals surface area contributed by atoms with Gasteiger partial charge in [0.25, 0.3) is 0 Å². The summed E-state index contributed by atoms with van der Waals surface area (Å²) in [5.74, 6) is 0.227. The van der Waals surface area contributed by atoms with Crippen molar-refractivity contribution >= 4 is 53.3 Å². The van der Waals surface area contributed by atoms with Crippen LogP contribution in [0.1, 0.15) is 25.3 Å². The number of nitrogens with zero attached hydrogens (tertiary/aromatic N) is 1. The van der Waals surface area contributed by atoms with Gasteiger partial charge < -0.3 is 5.32 Å². The summed E-state index contributed by atoms with van der Waals surface area (Å²) in [5, 5.41) is 2.91. The number of hydrogen-bond donors (Lipinski definition) is 1. The number of nitrogens with one attached hydrogen (secondary N) is 1. The Morgan fingerprint density at radius 3 is 2.46 bits per heavy atom. The van der Waals surface area contributed by atoms with Crippen molar-refractivity contribution < 1.29 is 13.2 Å². The average molecular weight is 482 g/mol. The van der Waals surface area contributed by atoms with E-state index in [1.54, 1.807) is 0 Å². The lowest BCUT2D eigenvalue weighted by Gasteiger charge is -2.27. The molecule has 0 radical (unpaired) electrons. The molecule has 1 heterocycles. The van der Waals surface area contributed by atoms with E-state index in [-0.39, 0.29) is 30.0 Å². The van der Waals surface area contributed by atoms with Crippen molar-refractivity contribution in [2.45, 2.75) is 32.7 Å². The number of benzene rings is 1. The summed E-state index contributed by atoms with van der Waals surface area (Å²) in [7, 11) is -2.96.